The molecule has 0 heterocycles. The molecule has 2 aromatic rings. The number of benzene rings is 2. The molecule has 2 aromatic carbocycles. The molecule has 2 rings (SSSR count). The van der Waals surface area contributed by atoms with Crippen LogP contribution in [0.4, 0.5) is 5.69 Å². The summed E-state index contributed by atoms with van der Waals surface area (Å²) in [6.07, 6.45) is 0. The van der Waals surface area contributed by atoms with Crippen LogP contribution in [-0.2, 0) is 0 Å². The first-order valence-corrected chi connectivity index (χ1v) is 6.73. The fourth-order valence-electron chi connectivity index (χ4n) is 1.82. The Bertz CT molecular complexity index is 729. The number of rotatable bonds is 3. The van der Waals surface area contributed by atoms with E-state index in [9.17, 15) is 14.7 Å². The van der Waals surface area contributed by atoms with Gasteiger partial charge in [0.15, 0.2) is 0 Å². The van der Waals surface area contributed by atoms with Crippen LogP contribution in [0, 0.1) is 6.92 Å². The molecule has 0 unspecified atom stereocenters. The van der Waals surface area contributed by atoms with Crippen LogP contribution in [0.25, 0.3) is 0 Å². The third-order valence-corrected chi connectivity index (χ3v) is 3.72. The highest BCUT2D eigenvalue weighted by Gasteiger charge is 2.11. The van der Waals surface area contributed by atoms with E-state index in [4.69, 9.17) is 23.2 Å². The molecular formula is C15H10Cl2NO3-. The lowest BCUT2D eigenvalue weighted by Gasteiger charge is -2.13. The van der Waals surface area contributed by atoms with Gasteiger partial charge in [-0.15, -0.1) is 0 Å². The predicted octanol–water partition coefficient (Wildman–Crippen LogP) is 2.92. The van der Waals surface area contributed by atoms with E-state index in [1.807, 2.05) is 0 Å². The summed E-state index contributed by atoms with van der Waals surface area (Å²) < 4.78 is 0. The van der Waals surface area contributed by atoms with Gasteiger partial charge in [0.25, 0.3) is 5.91 Å². The van der Waals surface area contributed by atoms with E-state index in [-0.39, 0.29) is 10.6 Å². The van der Waals surface area contributed by atoms with Crippen LogP contribution >= 0.6 is 23.2 Å². The predicted molar refractivity (Wildman–Crippen MR) is 79.9 cm³/mol. The normalized spacial score (nSPS) is 10.2. The van der Waals surface area contributed by atoms with Crippen LogP contribution < -0.4 is 10.4 Å². The Kier molecular flexibility index (Phi) is 4.50. The molecule has 0 aromatic heterocycles. The molecule has 0 fully saturated rings. The van der Waals surface area contributed by atoms with Crippen molar-refractivity contribution in [2.45, 2.75) is 6.92 Å². The molecule has 0 atom stereocenters. The van der Waals surface area contributed by atoms with Crippen molar-refractivity contribution in [3.63, 3.8) is 0 Å². The second-order valence-electron chi connectivity index (χ2n) is 4.35. The summed E-state index contributed by atoms with van der Waals surface area (Å²) in [5.74, 6) is -1.70. The largest absolute Gasteiger partial charge is 0.545 e. The number of aromatic carboxylic acids is 1. The van der Waals surface area contributed by atoms with Crippen LogP contribution in [0.5, 0.6) is 0 Å². The van der Waals surface area contributed by atoms with Gasteiger partial charge >= 0.3 is 0 Å². The maximum Gasteiger partial charge on any atom is 0.255 e. The highest BCUT2D eigenvalue weighted by atomic mass is 35.5. The van der Waals surface area contributed by atoms with Crippen LogP contribution in [0.1, 0.15) is 26.3 Å². The summed E-state index contributed by atoms with van der Waals surface area (Å²) in [6, 6.07) is 9.04. The number of carbonyl (C=O) groups is 2. The molecule has 0 aliphatic carbocycles. The number of hydrogen-bond acceptors (Lipinski definition) is 3. The van der Waals surface area contributed by atoms with E-state index < -0.39 is 11.9 Å². The van der Waals surface area contributed by atoms with Gasteiger partial charge in [0.05, 0.1) is 16.0 Å². The number of carboxylic acid groups (broad SMARTS) is 1. The highest BCUT2D eigenvalue weighted by molar-refractivity contribution is 6.42. The monoisotopic (exact) mass is 322 g/mol. The Labute approximate surface area is 131 Å². The minimum absolute atomic E-state index is 0.0296. The Morgan fingerprint density at radius 3 is 2.43 bits per heavy atom. The minimum Gasteiger partial charge on any atom is -0.545 e. The molecule has 0 aliphatic heterocycles. The Morgan fingerprint density at radius 1 is 1.10 bits per heavy atom. The van der Waals surface area contributed by atoms with Gasteiger partial charge in [-0.1, -0.05) is 35.3 Å². The number of halogens is 2. The zero-order valence-electron chi connectivity index (χ0n) is 10.9. The number of hydrogen-bond donors (Lipinski definition) is 1. The number of carbonyl (C=O) groups excluding carboxylic acids is 2. The SMILES string of the molecule is Cc1c(NC(=O)c2ccc(Cl)c(Cl)c2)cccc1C(=O)[O-]. The average molecular weight is 323 g/mol. The molecule has 0 radical (unpaired) electrons. The molecule has 108 valence electrons. The van der Waals surface area contributed by atoms with Crippen LogP contribution in [0.3, 0.4) is 0 Å². The van der Waals surface area contributed by atoms with Crippen molar-refractivity contribution >= 4 is 40.8 Å². The Morgan fingerprint density at radius 2 is 1.81 bits per heavy atom. The zero-order valence-corrected chi connectivity index (χ0v) is 12.5. The van der Waals surface area contributed by atoms with Crippen molar-refractivity contribution in [3.8, 4) is 0 Å². The fourth-order valence-corrected chi connectivity index (χ4v) is 2.12. The molecule has 6 heteroatoms. The van der Waals surface area contributed by atoms with Gasteiger partial charge in [0.2, 0.25) is 0 Å². The summed E-state index contributed by atoms with van der Waals surface area (Å²) in [4.78, 5) is 23.1. The van der Waals surface area contributed by atoms with Crippen molar-refractivity contribution in [1.29, 1.82) is 0 Å². The van der Waals surface area contributed by atoms with Gasteiger partial charge < -0.3 is 15.2 Å². The first-order chi connectivity index (χ1) is 9.90. The smallest absolute Gasteiger partial charge is 0.255 e. The Hall–Kier alpha value is -2.04. The lowest BCUT2D eigenvalue weighted by atomic mass is 10.1. The first-order valence-electron chi connectivity index (χ1n) is 5.97. The average Bonchev–Trinajstić information content (AvgIpc) is 2.43. The van der Waals surface area contributed by atoms with Gasteiger partial charge in [-0.3, -0.25) is 4.79 Å². The summed E-state index contributed by atoms with van der Waals surface area (Å²) in [6.45, 7) is 1.59. The summed E-state index contributed by atoms with van der Waals surface area (Å²) in [5, 5.41) is 14.2. The highest BCUT2D eigenvalue weighted by Crippen LogP contribution is 2.24. The number of amides is 1. The summed E-state index contributed by atoms with van der Waals surface area (Å²) in [7, 11) is 0. The maximum atomic E-state index is 12.1. The van der Waals surface area contributed by atoms with Gasteiger partial charge in [0, 0.05) is 16.8 Å². The molecule has 0 saturated carbocycles. The van der Waals surface area contributed by atoms with Crippen LogP contribution in [0.15, 0.2) is 36.4 Å². The maximum absolute atomic E-state index is 12.1. The topological polar surface area (TPSA) is 69.2 Å². The van der Waals surface area contributed by atoms with E-state index in [2.05, 4.69) is 5.32 Å². The van der Waals surface area contributed by atoms with Crippen molar-refractivity contribution in [1.82, 2.24) is 0 Å². The summed E-state index contributed by atoms with van der Waals surface area (Å²) >= 11 is 11.7. The van der Waals surface area contributed by atoms with E-state index >= 15 is 0 Å². The lowest BCUT2D eigenvalue weighted by molar-refractivity contribution is -0.255. The molecule has 0 saturated heterocycles. The van der Waals surface area contributed by atoms with Crippen molar-refractivity contribution in [2.75, 3.05) is 5.32 Å². The molecule has 21 heavy (non-hydrogen) atoms. The summed E-state index contributed by atoms with van der Waals surface area (Å²) in [5.41, 5.74) is 1.17. The first kappa shape index (κ1) is 15.4. The third-order valence-electron chi connectivity index (χ3n) is 2.98. The molecular weight excluding hydrogens is 313 g/mol. The zero-order chi connectivity index (χ0) is 15.6. The van der Waals surface area contributed by atoms with Gasteiger partial charge in [-0.2, -0.15) is 0 Å². The Balaban J connectivity index is 2.29. The molecule has 0 spiro atoms. The van der Waals surface area contributed by atoms with E-state index in [0.29, 0.717) is 21.8 Å². The molecule has 1 N–H and O–H groups in total. The molecule has 4 nitrogen and oxygen atoms in total. The molecule has 1 amide bonds. The van der Waals surface area contributed by atoms with E-state index in [1.165, 1.54) is 30.3 Å². The quantitative estimate of drug-likeness (QED) is 0.944. The number of nitrogens with one attached hydrogen (secondary N) is 1. The van der Waals surface area contributed by atoms with E-state index in [0.717, 1.165) is 0 Å². The van der Waals surface area contributed by atoms with Gasteiger partial charge in [-0.25, -0.2) is 0 Å². The van der Waals surface area contributed by atoms with Gasteiger partial charge in [-0.05, 0) is 36.8 Å². The van der Waals surface area contributed by atoms with Crippen molar-refractivity contribution in [3.05, 3.63) is 63.1 Å². The van der Waals surface area contributed by atoms with Crippen LogP contribution in [-0.4, -0.2) is 11.9 Å². The van der Waals surface area contributed by atoms with Crippen molar-refractivity contribution < 1.29 is 14.7 Å². The standard InChI is InChI=1S/C15H11Cl2NO3/c1-8-10(15(20)21)3-2-4-13(8)18-14(19)9-5-6-11(16)12(17)7-9/h2-7H,1H3,(H,18,19)(H,20,21)/p-1. The molecule has 0 bridgehead atoms. The fraction of sp³-hybridized carbons (Fsp3) is 0.0667. The number of carboxylic acids is 1. The number of anilines is 1. The van der Waals surface area contributed by atoms with Crippen molar-refractivity contribution in [2.24, 2.45) is 0 Å². The molecule has 0 aliphatic rings. The van der Waals surface area contributed by atoms with Gasteiger partial charge in [0.1, 0.15) is 0 Å². The minimum atomic E-state index is -1.29. The van der Waals surface area contributed by atoms with E-state index in [1.54, 1.807) is 13.0 Å². The van der Waals surface area contributed by atoms with Crippen LogP contribution in [0.2, 0.25) is 10.0 Å². The second kappa shape index (κ2) is 6.16. The third kappa shape index (κ3) is 3.35. The lowest BCUT2D eigenvalue weighted by Crippen LogP contribution is -2.24. The second-order valence-corrected chi connectivity index (χ2v) is 5.16.